The summed E-state index contributed by atoms with van der Waals surface area (Å²) < 4.78 is 54.7. The Morgan fingerprint density at radius 3 is 2.21 bits per heavy atom. The molecule has 5 unspecified atom stereocenters. The average Bonchev–Trinajstić information content (AvgIpc) is 2.98. The number of methoxy groups -OCH3 is 1. The second-order valence-electron chi connectivity index (χ2n) is 10.5. The van der Waals surface area contributed by atoms with Crippen molar-refractivity contribution in [3.8, 4) is 0 Å². The minimum atomic E-state index is -0.846. The third kappa shape index (κ3) is 7.35. The maximum absolute atomic E-state index is 11.9. The lowest BCUT2D eigenvalue weighted by Crippen LogP contribution is -2.64. The summed E-state index contributed by atoms with van der Waals surface area (Å²) in [6.07, 6.45) is -6.93. The zero-order valence-corrected chi connectivity index (χ0v) is 24.2. The van der Waals surface area contributed by atoms with E-state index in [1.54, 1.807) is 6.92 Å². The lowest BCUT2D eigenvalue weighted by atomic mass is 9.96. The molecule has 0 radical (unpaired) electrons. The minimum absolute atomic E-state index is 0.123. The second kappa shape index (κ2) is 14.0. The molecule has 3 aliphatic rings. The average molecular weight is 587 g/mol. The largest absolute Gasteiger partial charge is 0.458 e. The Hall–Kier alpha value is -2.90. The molecule has 42 heavy (non-hydrogen) atoms. The molecule has 0 saturated carbocycles. The van der Waals surface area contributed by atoms with Crippen molar-refractivity contribution in [3.63, 3.8) is 0 Å². The zero-order valence-electron chi connectivity index (χ0n) is 24.2. The van der Waals surface area contributed by atoms with Crippen molar-refractivity contribution >= 4 is 11.9 Å². The van der Waals surface area contributed by atoms with E-state index < -0.39 is 73.5 Å². The van der Waals surface area contributed by atoms with Crippen molar-refractivity contribution in [2.75, 3.05) is 13.7 Å². The maximum atomic E-state index is 11.9. The van der Waals surface area contributed by atoms with Gasteiger partial charge in [0.15, 0.2) is 25.0 Å². The first kappa shape index (κ1) is 30.6. The molecular formula is C31H38O11. The number of hydrogen-bond donors (Lipinski definition) is 0. The molecule has 0 spiro atoms. The van der Waals surface area contributed by atoms with Crippen molar-refractivity contribution in [2.24, 2.45) is 0 Å². The van der Waals surface area contributed by atoms with E-state index in [1.165, 1.54) is 21.0 Å². The Bertz CT molecular complexity index is 1160. The predicted octanol–water partition coefficient (Wildman–Crippen LogP) is 3.44. The van der Waals surface area contributed by atoms with Gasteiger partial charge < -0.3 is 42.6 Å². The molecule has 2 aromatic rings. The van der Waals surface area contributed by atoms with Crippen LogP contribution in [-0.4, -0.2) is 81.0 Å². The van der Waals surface area contributed by atoms with Crippen LogP contribution in [0.15, 0.2) is 60.7 Å². The Balaban J connectivity index is 1.41. The highest BCUT2D eigenvalue weighted by atomic mass is 16.8. The third-order valence-electron chi connectivity index (χ3n) is 7.42. The molecule has 3 aliphatic heterocycles. The number of benzene rings is 2. The molecule has 10 atom stereocenters. The summed E-state index contributed by atoms with van der Waals surface area (Å²) in [5, 5.41) is 0. The summed E-state index contributed by atoms with van der Waals surface area (Å²) in [7, 11) is 1.54. The van der Waals surface area contributed by atoms with Crippen LogP contribution in [0, 0.1) is 0 Å². The molecule has 0 bridgehead atoms. The van der Waals surface area contributed by atoms with Gasteiger partial charge in [-0.05, 0) is 12.5 Å². The van der Waals surface area contributed by atoms with Gasteiger partial charge in [0.1, 0.15) is 30.5 Å². The Labute approximate surface area is 245 Å². The van der Waals surface area contributed by atoms with E-state index in [1.807, 2.05) is 60.7 Å². The monoisotopic (exact) mass is 586 g/mol. The third-order valence-corrected chi connectivity index (χ3v) is 7.42. The van der Waals surface area contributed by atoms with Gasteiger partial charge in [0.25, 0.3) is 0 Å². The van der Waals surface area contributed by atoms with Crippen molar-refractivity contribution < 1.29 is 52.2 Å². The van der Waals surface area contributed by atoms with E-state index >= 15 is 0 Å². The van der Waals surface area contributed by atoms with Crippen LogP contribution >= 0.6 is 0 Å². The number of rotatable bonds is 9. The van der Waals surface area contributed by atoms with E-state index in [4.69, 9.17) is 42.6 Å². The van der Waals surface area contributed by atoms with Crippen molar-refractivity contribution in [1.29, 1.82) is 0 Å². The normalized spacial score (nSPS) is 34.7. The Kier molecular flexibility index (Phi) is 10.2. The van der Waals surface area contributed by atoms with Gasteiger partial charge in [-0.15, -0.1) is 0 Å². The minimum Gasteiger partial charge on any atom is -0.458 e. The van der Waals surface area contributed by atoms with Crippen LogP contribution in [0.5, 0.6) is 0 Å². The number of carbonyl (C=O) groups excluding carboxylic acids is 2. The van der Waals surface area contributed by atoms with Crippen molar-refractivity contribution in [2.45, 2.75) is 95.4 Å². The molecular weight excluding hydrogens is 548 g/mol. The van der Waals surface area contributed by atoms with Gasteiger partial charge in [0.2, 0.25) is 0 Å². The van der Waals surface area contributed by atoms with Crippen LogP contribution in [0.2, 0.25) is 0 Å². The van der Waals surface area contributed by atoms with Crippen LogP contribution in [0.4, 0.5) is 0 Å². The molecule has 228 valence electrons. The summed E-state index contributed by atoms with van der Waals surface area (Å²) in [5.74, 6) is -1.00. The van der Waals surface area contributed by atoms with Gasteiger partial charge in [0, 0.05) is 32.9 Å². The molecule has 3 fully saturated rings. The predicted molar refractivity (Wildman–Crippen MR) is 146 cm³/mol. The SMILES string of the molecule is CO[C@H]1OC2COC(c3ccccc3)O[C@H]2C(O[C@@H]2C[C@@H](OC(C)=O)[C@H](OC(C)=O)C(C)O2)C1OCc1ccccc1. The summed E-state index contributed by atoms with van der Waals surface area (Å²) in [4.78, 5) is 23.7. The van der Waals surface area contributed by atoms with Crippen LogP contribution in [0.3, 0.4) is 0 Å². The molecule has 3 saturated heterocycles. The van der Waals surface area contributed by atoms with Gasteiger partial charge in [0.05, 0.1) is 19.3 Å². The molecule has 3 heterocycles. The number of fused-ring (bicyclic) bond motifs is 1. The fraction of sp³-hybridized carbons (Fsp3) is 0.548. The fourth-order valence-electron chi connectivity index (χ4n) is 5.57. The van der Waals surface area contributed by atoms with Crippen LogP contribution in [0.1, 0.15) is 44.6 Å². The number of carbonyl (C=O) groups is 2. The second-order valence-corrected chi connectivity index (χ2v) is 10.5. The summed E-state index contributed by atoms with van der Waals surface area (Å²) in [6.45, 7) is 4.86. The smallest absolute Gasteiger partial charge is 0.303 e. The quantitative estimate of drug-likeness (QED) is 0.402. The molecule has 0 aromatic heterocycles. The summed E-state index contributed by atoms with van der Waals surface area (Å²) in [6, 6.07) is 19.3. The Morgan fingerprint density at radius 1 is 0.857 bits per heavy atom. The van der Waals surface area contributed by atoms with Crippen LogP contribution in [0.25, 0.3) is 0 Å². The highest BCUT2D eigenvalue weighted by molar-refractivity contribution is 5.67. The lowest BCUT2D eigenvalue weighted by molar-refractivity contribution is -0.386. The van der Waals surface area contributed by atoms with Gasteiger partial charge in [-0.1, -0.05) is 60.7 Å². The maximum Gasteiger partial charge on any atom is 0.303 e. The number of ether oxygens (including phenoxy) is 9. The van der Waals surface area contributed by atoms with Gasteiger partial charge >= 0.3 is 11.9 Å². The standard InChI is InChI=1S/C31H38O11/c1-18-26(39-20(3)33)23(38-19(2)32)15-25(37-18)41-28-27-24(17-36-30(42-27)22-13-9-6-10-14-22)40-31(34-4)29(28)35-16-21-11-7-5-8-12-21/h5-14,18,23-31H,15-17H2,1-4H3/t18?,23-,24?,25-,26-,27-,28?,29?,30?,31+/m1/s1. The topological polar surface area (TPSA) is 117 Å². The highest BCUT2D eigenvalue weighted by Gasteiger charge is 2.53. The highest BCUT2D eigenvalue weighted by Crippen LogP contribution is 2.38. The van der Waals surface area contributed by atoms with Crippen molar-refractivity contribution in [1.82, 2.24) is 0 Å². The molecule has 0 amide bonds. The first-order chi connectivity index (χ1) is 20.3. The van der Waals surface area contributed by atoms with Gasteiger partial charge in [-0.3, -0.25) is 9.59 Å². The van der Waals surface area contributed by atoms with E-state index in [-0.39, 0.29) is 19.6 Å². The summed E-state index contributed by atoms with van der Waals surface area (Å²) in [5.41, 5.74) is 1.82. The first-order valence-electron chi connectivity index (χ1n) is 14.1. The molecule has 5 rings (SSSR count). The fourth-order valence-corrected chi connectivity index (χ4v) is 5.57. The first-order valence-corrected chi connectivity index (χ1v) is 14.1. The molecule has 0 aliphatic carbocycles. The van der Waals surface area contributed by atoms with Gasteiger partial charge in [-0.25, -0.2) is 0 Å². The molecule has 2 aromatic carbocycles. The number of esters is 2. The number of hydrogen-bond acceptors (Lipinski definition) is 11. The Morgan fingerprint density at radius 2 is 1.55 bits per heavy atom. The zero-order chi connectivity index (χ0) is 29.6. The molecule has 11 heteroatoms. The van der Waals surface area contributed by atoms with Crippen LogP contribution in [-0.2, 0) is 58.8 Å². The summed E-state index contributed by atoms with van der Waals surface area (Å²) >= 11 is 0. The lowest BCUT2D eigenvalue weighted by Gasteiger charge is -2.50. The van der Waals surface area contributed by atoms with Crippen LogP contribution < -0.4 is 0 Å². The van der Waals surface area contributed by atoms with E-state index in [9.17, 15) is 9.59 Å². The van der Waals surface area contributed by atoms with Gasteiger partial charge in [-0.2, -0.15) is 0 Å². The van der Waals surface area contributed by atoms with E-state index in [0.717, 1.165) is 11.1 Å². The van der Waals surface area contributed by atoms with E-state index in [0.29, 0.717) is 0 Å². The van der Waals surface area contributed by atoms with E-state index in [2.05, 4.69) is 0 Å². The molecule has 0 N–H and O–H groups in total. The van der Waals surface area contributed by atoms with Crippen molar-refractivity contribution in [3.05, 3.63) is 71.8 Å². The molecule has 11 nitrogen and oxygen atoms in total.